The standard InChI is InChI=1S/C15H13N3O/c1-11-4-2-5-12(8-11)10-17-15(19)14-7-3-6-13(9-16)18-14/h2-8H,10H2,1H3,(H,17,19). The lowest BCUT2D eigenvalue weighted by molar-refractivity contribution is 0.0946. The smallest absolute Gasteiger partial charge is 0.270 e. The molecular formula is C15H13N3O. The molecule has 0 atom stereocenters. The molecule has 0 aliphatic heterocycles. The predicted octanol–water partition coefficient (Wildman–Crippen LogP) is 2.19. The number of aromatic nitrogens is 1. The van der Waals surface area contributed by atoms with E-state index >= 15 is 0 Å². The van der Waals surface area contributed by atoms with Crippen molar-refractivity contribution in [1.82, 2.24) is 10.3 Å². The van der Waals surface area contributed by atoms with Crippen LogP contribution in [-0.2, 0) is 6.54 Å². The normalized spacial score (nSPS) is 9.68. The number of hydrogen-bond donors (Lipinski definition) is 1. The summed E-state index contributed by atoms with van der Waals surface area (Å²) in [5.74, 6) is -0.279. The van der Waals surface area contributed by atoms with Crippen molar-refractivity contribution in [2.75, 3.05) is 0 Å². The summed E-state index contributed by atoms with van der Waals surface area (Å²) >= 11 is 0. The van der Waals surface area contributed by atoms with E-state index in [0.717, 1.165) is 11.1 Å². The Labute approximate surface area is 111 Å². The third-order valence-electron chi connectivity index (χ3n) is 2.63. The topological polar surface area (TPSA) is 65.8 Å². The van der Waals surface area contributed by atoms with E-state index < -0.39 is 0 Å². The van der Waals surface area contributed by atoms with Crippen LogP contribution >= 0.6 is 0 Å². The molecule has 0 fully saturated rings. The molecular weight excluding hydrogens is 238 g/mol. The minimum atomic E-state index is -0.279. The lowest BCUT2D eigenvalue weighted by Gasteiger charge is -2.05. The Morgan fingerprint density at radius 1 is 1.32 bits per heavy atom. The second kappa shape index (κ2) is 5.78. The van der Waals surface area contributed by atoms with Gasteiger partial charge in [0.05, 0.1) is 0 Å². The Bertz CT molecular complexity index is 644. The average molecular weight is 251 g/mol. The number of carbonyl (C=O) groups is 1. The van der Waals surface area contributed by atoms with E-state index in [4.69, 9.17) is 5.26 Å². The largest absolute Gasteiger partial charge is 0.347 e. The van der Waals surface area contributed by atoms with Crippen molar-refractivity contribution in [3.8, 4) is 6.07 Å². The number of benzene rings is 1. The average Bonchev–Trinajstić information content (AvgIpc) is 2.45. The Hall–Kier alpha value is -2.67. The fourth-order valence-corrected chi connectivity index (χ4v) is 1.72. The SMILES string of the molecule is Cc1cccc(CNC(=O)c2cccc(C#N)n2)c1. The number of rotatable bonds is 3. The van der Waals surface area contributed by atoms with Gasteiger partial charge in [-0.1, -0.05) is 35.9 Å². The van der Waals surface area contributed by atoms with E-state index in [2.05, 4.69) is 10.3 Å². The molecule has 4 nitrogen and oxygen atoms in total. The number of nitrogens with zero attached hydrogens (tertiary/aromatic N) is 2. The zero-order valence-corrected chi connectivity index (χ0v) is 10.6. The van der Waals surface area contributed by atoms with E-state index in [1.54, 1.807) is 18.2 Å². The monoisotopic (exact) mass is 251 g/mol. The summed E-state index contributed by atoms with van der Waals surface area (Å²) < 4.78 is 0. The van der Waals surface area contributed by atoms with Gasteiger partial charge in [-0.2, -0.15) is 5.26 Å². The number of nitrogens with one attached hydrogen (secondary N) is 1. The number of hydrogen-bond acceptors (Lipinski definition) is 3. The molecule has 19 heavy (non-hydrogen) atoms. The molecule has 1 aromatic heterocycles. The minimum absolute atomic E-state index is 0.239. The number of aryl methyl sites for hydroxylation is 1. The first-order valence-electron chi connectivity index (χ1n) is 5.90. The molecule has 94 valence electrons. The van der Waals surface area contributed by atoms with Gasteiger partial charge in [0.25, 0.3) is 5.91 Å². The summed E-state index contributed by atoms with van der Waals surface area (Å²) in [6, 6.07) is 14.6. The van der Waals surface area contributed by atoms with Crippen LogP contribution in [0.4, 0.5) is 0 Å². The Kier molecular flexibility index (Phi) is 3.89. The first kappa shape index (κ1) is 12.8. The third kappa shape index (κ3) is 3.39. The van der Waals surface area contributed by atoms with Gasteiger partial charge in [-0.15, -0.1) is 0 Å². The van der Waals surface area contributed by atoms with Gasteiger partial charge in [0.2, 0.25) is 0 Å². The number of pyridine rings is 1. The zero-order chi connectivity index (χ0) is 13.7. The van der Waals surface area contributed by atoms with Crippen LogP contribution in [0.15, 0.2) is 42.5 Å². The van der Waals surface area contributed by atoms with Crippen molar-refractivity contribution in [2.45, 2.75) is 13.5 Å². The highest BCUT2D eigenvalue weighted by atomic mass is 16.1. The summed E-state index contributed by atoms with van der Waals surface area (Å²) in [7, 11) is 0. The summed E-state index contributed by atoms with van der Waals surface area (Å²) in [5, 5.41) is 11.5. The molecule has 1 aromatic carbocycles. The minimum Gasteiger partial charge on any atom is -0.347 e. The van der Waals surface area contributed by atoms with Gasteiger partial charge >= 0.3 is 0 Å². The molecule has 1 N–H and O–H groups in total. The predicted molar refractivity (Wildman–Crippen MR) is 71.3 cm³/mol. The quantitative estimate of drug-likeness (QED) is 0.909. The van der Waals surface area contributed by atoms with Gasteiger partial charge in [0, 0.05) is 6.54 Å². The first-order chi connectivity index (χ1) is 9.19. The molecule has 0 aliphatic rings. The van der Waals surface area contributed by atoms with Crippen LogP contribution in [0.3, 0.4) is 0 Å². The molecule has 4 heteroatoms. The summed E-state index contributed by atoms with van der Waals surface area (Å²) in [6.45, 7) is 2.45. The maximum atomic E-state index is 11.9. The van der Waals surface area contributed by atoms with E-state index in [9.17, 15) is 4.79 Å². The number of amides is 1. The van der Waals surface area contributed by atoms with Crippen molar-refractivity contribution in [3.05, 3.63) is 65.0 Å². The first-order valence-corrected chi connectivity index (χ1v) is 5.90. The van der Waals surface area contributed by atoms with E-state index in [-0.39, 0.29) is 17.3 Å². The van der Waals surface area contributed by atoms with Gasteiger partial charge in [-0.3, -0.25) is 4.79 Å². The molecule has 0 unspecified atom stereocenters. The van der Waals surface area contributed by atoms with E-state index in [1.165, 1.54) is 0 Å². The molecule has 2 aromatic rings. The summed E-state index contributed by atoms with van der Waals surface area (Å²) in [5.41, 5.74) is 2.68. The lowest BCUT2D eigenvalue weighted by Crippen LogP contribution is -2.24. The van der Waals surface area contributed by atoms with Crippen molar-refractivity contribution in [1.29, 1.82) is 5.26 Å². The summed E-state index contributed by atoms with van der Waals surface area (Å²) in [4.78, 5) is 15.8. The van der Waals surface area contributed by atoms with Crippen LogP contribution in [0, 0.1) is 18.3 Å². The second-order valence-electron chi connectivity index (χ2n) is 4.19. The highest BCUT2D eigenvalue weighted by Gasteiger charge is 2.07. The number of nitriles is 1. The molecule has 0 aliphatic carbocycles. The molecule has 0 saturated carbocycles. The highest BCUT2D eigenvalue weighted by molar-refractivity contribution is 5.92. The molecule has 0 saturated heterocycles. The maximum absolute atomic E-state index is 11.9. The molecule has 0 bridgehead atoms. The number of carbonyl (C=O) groups excluding carboxylic acids is 1. The van der Waals surface area contributed by atoms with Gasteiger partial charge in [0.15, 0.2) is 0 Å². The molecule has 0 spiro atoms. The summed E-state index contributed by atoms with van der Waals surface area (Å²) in [6.07, 6.45) is 0. The van der Waals surface area contributed by atoms with Crippen molar-refractivity contribution < 1.29 is 4.79 Å². The van der Waals surface area contributed by atoms with Gasteiger partial charge < -0.3 is 5.32 Å². The second-order valence-corrected chi connectivity index (χ2v) is 4.19. The van der Waals surface area contributed by atoms with E-state index in [0.29, 0.717) is 6.54 Å². The van der Waals surface area contributed by atoms with Crippen molar-refractivity contribution >= 4 is 5.91 Å². The zero-order valence-electron chi connectivity index (χ0n) is 10.6. The van der Waals surface area contributed by atoms with Crippen LogP contribution in [-0.4, -0.2) is 10.9 Å². The van der Waals surface area contributed by atoms with Crippen LogP contribution in [0.5, 0.6) is 0 Å². The Morgan fingerprint density at radius 3 is 2.84 bits per heavy atom. The van der Waals surface area contributed by atoms with Crippen LogP contribution in [0.1, 0.15) is 27.3 Å². The Balaban J connectivity index is 2.03. The molecule has 1 heterocycles. The third-order valence-corrected chi connectivity index (χ3v) is 2.63. The van der Waals surface area contributed by atoms with Crippen LogP contribution in [0.2, 0.25) is 0 Å². The highest BCUT2D eigenvalue weighted by Crippen LogP contribution is 2.04. The van der Waals surface area contributed by atoms with Crippen LogP contribution in [0.25, 0.3) is 0 Å². The van der Waals surface area contributed by atoms with Gasteiger partial charge in [0.1, 0.15) is 17.5 Å². The molecule has 2 rings (SSSR count). The fraction of sp³-hybridized carbons (Fsp3) is 0.133. The van der Waals surface area contributed by atoms with Gasteiger partial charge in [-0.05, 0) is 24.6 Å². The van der Waals surface area contributed by atoms with Crippen LogP contribution < -0.4 is 5.32 Å². The van der Waals surface area contributed by atoms with Crippen molar-refractivity contribution in [2.24, 2.45) is 0 Å². The maximum Gasteiger partial charge on any atom is 0.270 e. The fourth-order valence-electron chi connectivity index (χ4n) is 1.72. The van der Waals surface area contributed by atoms with E-state index in [1.807, 2.05) is 37.3 Å². The lowest BCUT2D eigenvalue weighted by atomic mass is 10.1. The Morgan fingerprint density at radius 2 is 2.11 bits per heavy atom. The molecule has 1 amide bonds. The van der Waals surface area contributed by atoms with Crippen molar-refractivity contribution in [3.63, 3.8) is 0 Å². The van der Waals surface area contributed by atoms with Gasteiger partial charge in [-0.25, -0.2) is 4.98 Å². The molecule has 0 radical (unpaired) electrons.